The fourth-order valence-electron chi connectivity index (χ4n) is 1.82. The number of alkyl halides is 1. The van der Waals surface area contributed by atoms with Crippen molar-refractivity contribution in [2.45, 2.75) is 23.6 Å². The molecule has 4 nitrogen and oxygen atoms in total. The molecule has 0 spiro atoms. The minimum Gasteiger partial charge on any atom is -0.256 e. The van der Waals surface area contributed by atoms with Crippen molar-refractivity contribution in [3.05, 3.63) is 36.0 Å². The molecule has 0 radical (unpaired) electrons. The zero-order chi connectivity index (χ0) is 14.0. The highest BCUT2D eigenvalue weighted by Crippen LogP contribution is 2.24. The van der Waals surface area contributed by atoms with Gasteiger partial charge in [-0.15, -0.1) is 0 Å². The van der Waals surface area contributed by atoms with Gasteiger partial charge in [-0.2, -0.15) is 0 Å². The number of sulfonamides is 1. The summed E-state index contributed by atoms with van der Waals surface area (Å²) in [6.45, 7) is 4.15. The third kappa shape index (κ3) is 3.13. The third-order valence-electron chi connectivity index (χ3n) is 2.78. The van der Waals surface area contributed by atoms with Crippen molar-refractivity contribution in [3.63, 3.8) is 0 Å². The number of aromatic nitrogens is 1. The maximum atomic E-state index is 12.3. The van der Waals surface area contributed by atoms with Crippen LogP contribution in [0.1, 0.15) is 12.5 Å². The first-order valence-electron chi connectivity index (χ1n) is 5.90. The molecule has 0 aliphatic heterocycles. The maximum absolute atomic E-state index is 12.3. The van der Waals surface area contributed by atoms with Gasteiger partial charge in [0, 0.05) is 23.0 Å². The van der Waals surface area contributed by atoms with Gasteiger partial charge in [0.15, 0.2) is 0 Å². The van der Waals surface area contributed by atoms with Crippen molar-refractivity contribution in [3.8, 4) is 0 Å². The number of rotatable bonds is 4. The second-order valence-electron chi connectivity index (χ2n) is 4.41. The summed E-state index contributed by atoms with van der Waals surface area (Å²) in [5.74, 6) is 0. The summed E-state index contributed by atoms with van der Waals surface area (Å²) in [4.78, 5) is 4.60. The van der Waals surface area contributed by atoms with Gasteiger partial charge in [-0.05, 0) is 30.7 Å². The van der Waals surface area contributed by atoms with Crippen LogP contribution in [0.15, 0.2) is 35.4 Å². The van der Waals surface area contributed by atoms with Crippen LogP contribution in [-0.4, -0.2) is 24.8 Å². The molecule has 0 bridgehead atoms. The third-order valence-corrected chi connectivity index (χ3v) is 4.58. The first-order chi connectivity index (χ1) is 8.92. The lowest BCUT2D eigenvalue weighted by molar-refractivity contribution is 0.582. The lowest BCUT2D eigenvalue weighted by Crippen LogP contribution is -2.28. The minimum absolute atomic E-state index is 0.0807. The van der Waals surface area contributed by atoms with Crippen molar-refractivity contribution in [1.29, 1.82) is 0 Å². The Morgan fingerprint density at radius 1 is 1.37 bits per heavy atom. The molecule has 2 rings (SSSR count). The van der Waals surface area contributed by atoms with E-state index in [4.69, 9.17) is 0 Å². The second kappa shape index (κ2) is 5.56. The number of pyridine rings is 1. The molecule has 0 saturated carbocycles. The van der Waals surface area contributed by atoms with Gasteiger partial charge in [0.2, 0.25) is 10.0 Å². The van der Waals surface area contributed by atoms with Gasteiger partial charge in [-0.3, -0.25) is 4.98 Å². The van der Waals surface area contributed by atoms with E-state index in [9.17, 15) is 8.42 Å². The van der Waals surface area contributed by atoms with Crippen LogP contribution in [0, 0.1) is 6.92 Å². The van der Waals surface area contributed by atoms with E-state index < -0.39 is 10.0 Å². The van der Waals surface area contributed by atoms with Crippen molar-refractivity contribution in [1.82, 2.24) is 9.71 Å². The number of halogens is 1. The van der Waals surface area contributed by atoms with Gasteiger partial charge in [0.05, 0.1) is 10.4 Å². The molecule has 0 saturated heterocycles. The van der Waals surface area contributed by atoms with E-state index in [1.54, 1.807) is 30.5 Å². The quantitative estimate of drug-likeness (QED) is 0.868. The van der Waals surface area contributed by atoms with Crippen LogP contribution in [-0.2, 0) is 10.0 Å². The van der Waals surface area contributed by atoms with Crippen LogP contribution in [0.3, 0.4) is 0 Å². The Morgan fingerprint density at radius 3 is 2.79 bits per heavy atom. The number of hydrogen-bond acceptors (Lipinski definition) is 3. The number of nitrogens with one attached hydrogen (secondary N) is 1. The maximum Gasteiger partial charge on any atom is 0.241 e. The van der Waals surface area contributed by atoms with Crippen molar-refractivity contribution < 1.29 is 8.42 Å². The zero-order valence-electron chi connectivity index (χ0n) is 10.7. The Balaban J connectivity index is 2.54. The van der Waals surface area contributed by atoms with Crippen LogP contribution in [0.5, 0.6) is 0 Å². The summed E-state index contributed by atoms with van der Waals surface area (Å²) in [6.07, 6.45) is 1.67. The SMILES string of the molecule is Cc1ccc(S(=O)(=O)NCC(C)Br)c2cccnc12. The Labute approximate surface area is 121 Å². The van der Waals surface area contributed by atoms with Crippen molar-refractivity contribution in [2.75, 3.05) is 6.54 Å². The minimum atomic E-state index is -3.52. The van der Waals surface area contributed by atoms with Crippen molar-refractivity contribution in [2.24, 2.45) is 0 Å². The Bertz CT molecular complexity index is 699. The second-order valence-corrected chi connectivity index (χ2v) is 7.71. The van der Waals surface area contributed by atoms with Crippen LogP contribution in [0.4, 0.5) is 0 Å². The van der Waals surface area contributed by atoms with Crippen LogP contribution < -0.4 is 4.72 Å². The van der Waals surface area contributed by atoms with E-state index in [1.165, 1.54) is 0 Å². The molecular weight excluding hydrogens is 328 g/mol. The van der Waals surface area contributed by atoms with Gasteiger partial charge in [-0.1, -0.05) is 28.9 Å². The van der Waals surface area contributed by atoms with Gasteiger partial charge < -0.3 is 0 Å². The highest BCUT2D eigenvalue weighted by atomic mass is 79.9. The van der Waals surface area contributed by atoms with Gasteiger partial charge in [-0.25, -0.2) is 13.1 Å². The molecule has 6 heteroatoms. The first-order valence-corrected chi connectivity index (χ1v) is 8.30. The fourth-order valence-corrected chi connectivity index (χ4v) is 3.53. The molecule has 1 unspecified atom stereocenters. The molecule has 0 aliphatic carbocycles. The molecule has 1 atom stereocenters. The molecule has 0 amide bonds. The highest BCUT2D eigenvalue weighted by molar-refractivity contribution is 9.09. The highest BCUT2D eigenvalue weighted by Gasteiger charge is 2.18. The molecule has 19 heavy (non-hydrogen) atoms. The first kappa shape index (κ1) is 14.4. The van der Waals surface area contributed by atoms with Gasteiger partial charge in [0.25, 0.3) is 0 Å². The van der Waals surface area contributed by atoms with Crippen LogP contribution in [0.25, 0.3) is 10.9 Å². The molecule has 1 aromatic carbocycles. The molecule has 1 aromatic heterocycles. The predicted octanol–water partition coefficient (Wildman–Crippen LogP) is 2.60. The van der Waals surface area contributed by atoms with Crippen molar-refractivity contribution >= 4 is 36.9 Å². The van der Waals surface area contributed by atoms with E-state index in [1.807, 2.05) is 13.8 Å². The van der Waals surface area contributed by atoms with Crippen LogP contribution in [0.2, 0.25) is 0 Å². The summed E-state index contributed by atoms with van der Waals surface area (Å²) in [5.41, 5.74) is 1.68. The predicted molar refractivity (Wildman–Crippen MR) is 80.1 cm³/mol. The lowest BCUT2D eigenvalue weighted by atomic mass is 10.1. The number of nitrogens with zero attached hydrogens (tertiary/aromatic N) is 1. The topological polar surface area (TPSA) is 59.1 Å². The Hall–Kier alpha value is -0.980. The van der Waals surface area contributed by atoms with E-state index in [0.717, 1.165) is 11.1 Å². The molecule has 1 N–H and O–H groups in total. The fraction of sp³-hybridized carbons (Fsp3) is 0.308. The molecular formula is C13H15BrN2O2S. The number of benzene rings is 1. The summed E-state index contributed by atoms with van der Waals surface area (Å²) in [6, 6.07) is 6.93. The Kier molecular flexibility index (Phi) is 4.23. The number of fused-ring (bicyclic) bond motifs is 1. The van der Waals surface area contributed by atoms with Gasteiger partial charge in [0.1, 0.15) is 0 Å². The summed E-state index contributed by atoms with van der Waals surface area (Å²) < 4.78 is 27.2. The van der Waals surface area contributed by atoms with E-state index in [0.29, 0.717) is 11.9 Å². The average Bonchev–Trinajstić information content (AvgIpc) is 2.37. The molecule has 1 heterocycles. The molecule has 102 valence electrons. The number of hydrogen-bond donors (Lipinski definition) is 1. The van der Waals surface area contributed by atoms with Gasteiger partial charge >= 0.3 is 0 Å². The normalized spacial score (nSPS) is 13.6. The zero-order valence-corrected chi connectivity index (χ0v) is 13.1. The van der Waals surface area contributed by atoms with Crippen LogP contribution >= 0.6 is 15.9 Å². The average molecular weight is 343 g/mol. The smallest absolute Gasteiger partial charge is 0.241 e. The molecule has 0 fully saturated rings. The van der Waals surface area contributed by atoms with E-state index >= 15 is 0 Å². The summed E-state index contributed by atoms with van der Waals surface area (Å²) in [5, 5.41) is 0.650. The molecule has 2 aromatic rings. The summed E-state index contributed by atoms with van der Waals surface area (Å²) in [7, 11) is -3.52. The monoisotopic (exact) mass is 342 g/mol. The molecule has 0 aliphatic rings. The largest absolute Gasteiger partial charge is 0.256 e. The Morgan fingerprint density at radius 2 is 2.11 bits per heavy atom. The lowest BCUT2D eigenvalue weighted by Gasteiger charge is -2.11. The standard InChI is InChI=1S/C13H15BrN2O2S/c1-9-5-6-12(11-4-3-7-15-13(9)11)19(17,18)16-8-10(2)14/h3-7,10,16H,8H2,1-2H3. The van der Waals surface area contributed by atoms with E-state index in [2.05, 4.69) is 25.6 Å². The summed E-state index contributed by atoms with van der Waals surface area (Å²) >= 11 is 3.32. The number of aryl methyl sites for hydroxylation is 1. The van der Waals surface area contributed by atoms with E-state index in [-0.39, 0.29) is 9.72 Å².